The van der Waals surface area contributed by atoms with Crippen molar-refractivity contribution >= 4 is 25.6 Å². The van der Waals surface area contributed by atoms with Crippen molar-refractivity contribution in [3.05, 3.63) is 48.3 Å². The summed E-state index contributed by atoms with van der Waals surface area (Å²) in [6.45, 7) is 0.521. The fraction of sp³-hybridized carbons (Fsp3) is 0.286. The normalized spacial score (nSPS) is 18.9. The Labute approximate surface area is 132 Å². The summed E-state index contributed by atoms with van der Waals surface area (Å²) >= 11 is 0. The molecule has 2 heterocycles. The van der Waals surface area contributed by atoms with Gasteiger partial charge in [0.2, 0.25) is 15.0 Å². The quantitative estimate of drug-likeness (QED) is 0.792. The third-order valence-corrected chi connectivity index (χ3v) is 5.52. The Morgan fingerprint density at radius 1 is 1.27 bits per heavy atom. The first kappa shape index (κ1) is 15.1. The summed E-state index contributed by atoms with van der Waals surface area (Å²) in [5.41, 5.74) is 1.85. The molecule has 3 rings (SSSR count). The maximum atomic E-state index is 11.9. The van der Waals surface area contributed by atoms with Gasteiger partial charge >= 0.3 is 0 Å². The Morgan fingerprint density at radius 3 is 2.55 bits per heavy atom. The van der Waals surface area contributed by atoms with Crippen molar-refractivity contribution in [1.82, 2.24) is 14.7 Å². The molecule has 22 heavy (non-hydrogen) atoms. The number of halogens is 1. The van der Waals surface area contributed by atoms with E-state index >= 15 is 0 Å². The predicted octanol–water partition coefficient (Wildman–Crippen LogP) is 1.54. The molecule has 1 aliphatic rings. The van der Waals surface area contributed by atoms with E-state index in [2.05, 4.69) is 5.10 Å². The molecule has 1 aromatic heterocycles. The number of aromatic nitrogens is 2. The third-order valence-electron chi connectivity index (χ3n) is 3.66. The van der Waals surface area contributed by atoms with E-state index in [1.165, 1.54) is 4.90 Å². The number of carbonyl (C=O) groups is 1. The predicted molar refractivity (Wildman–Crippen MR) is 82.2 cm³/mol. The number of carbonyl (C=O) groups excluding carboxylic acids is 1. The smallest absolute Gasteiger partial charge is 0.237 e. The van der Waals surface area contributed by atoms with Crippen LogP contribution in [0.2, 0.25) is 0 Å². The molecule has 8 heteroatoms. The van der Waals surface area contributed by atoms with Gasteiger partial charge in [-0.15, -0.1) is 0 Å². The van der Waals surface area contributed by atoms with Crippen LogP contribution in [0, 0.1) is 0 Å². The topological polar surface area (TPSA) is 72.3 Å². The number of amides is 1. The van der Waals surface area contributed by atoms with Gasteiger partial charge in [0.25, 0.3) is 0 Å². The summed E-state index contributed by atoms with van der Waals surface area (Å²) in [5.74, 6) is -0.189. The number of hydrogen-bond donors (Lipinski definition) is 0. The number of likely N-dealkylation sites (tertiary alicyclic amines) is 1. The van der Waals surface area contributed by atoms with E-state index in [-0.39, 0.29) is 18.9 Å². The van der Waals surface area contributed by atoms with Crippen molar-refractivity contribution in [3.63, 3.8) is 0 Å². The van der Waals surface area contributed by atoms with Gasteiger partial charge in [-0.05, 0) is 23.8 Å². The minimum atomic E-state index is -3.70. The van der Waals surface area contributed by atoms with Gasteiger partial charge in [0.1, 0.15) is 5.25 Å². The number of benzene rings is 1. The Balaban J connectivity index is 1.70. The molecule has 6 nitrogen and oxygen atoms in total. The molecule has 1 aromatic carbocycles. The molecule has 1 aliphatic heterocycles. The fourth-order valence-electron chi connectivity index (χ4n) is 2.47. The first-order valence-electron chi connectivity index (χ1n) is 6.74. The van der Waals surface area contributed by atoms with E-state index in [0.29, 0.717) is 6.54 Å². The molecule has 0 radical (unpaired) electrons. The Bertz CT molecular complexity index is 772. The monoisotopic (exact) mass is 339 g/mol. The van der Waals surface area contributed by atoms with E-state index in [9.17, 15) is 13.2 Å². The average Bonchev–Trinajstić information content (AvgIpc) is 3.10. The van der Waals surface area contributed by atoms with Crippen molar-refractivity contribution in [3.8, 4) is 5.69 Å². The van der Waals surface area contributed by atoms with Crippen molar-refractivity contribution in [2.24, 2.45) is 0 Å². The van der Waals surface area contributed by atoms with Crippen LogP contribution in [-0.4, -0.2) is 40.8 Å². The van der Waals surface area contributed by atoms with Crippen LogP contribution in [0.1, 0.15) is 12.0 Å². The summed E-state index contributed by atoms with van der Waals surface area (Å²) in [6, 6.07) is 9.43. The van der Waals surface area contributed by atoms with Crippen LogP contribution < -0.4 is 0 Å². The highest BCUT2D eigenvalue weighted by Crippen LogP contribution is 2.23. The molecular formula is C14H14ClN3O3S. The lowest BCUT2D eigenvalue weighted by molar-refractivity contribution is -0.128. The molecule has 0 N–H and O–H groups in total. The molecule has 1 unspecified atom stereocenters. The summed E-state index contributed by atoms with van der Waals surface area (Å²) in [6.07, 6.45) is 3.50. The van der Waals surface area contributed by atoms with Crippen molar-refractivity contribution in [1.29, 1.82) is 0 Å². The molecule has 0 spiro atoms. The first-order chi connectivity index (χ1) is 10.4. The van der Waals surface area contributed by atoms with Gasteiger partial charge in [-0.3, -0.25) is 4.79 Å². The van der Waals surface area contributed by atoms with Crippen LogP contribution in [0.25, 0.3) is 5.69 Å². The van der Waals surface area contributed by atoms with E-state index in [1.807, 2.05) is 36.5 Å². The largest absolute Gasteiger partial charge is 0.337 e. The second-order valence-electron chi connectivity index (χ2n) is 5.19. The van der Waals surface area contributed by atoms with Crippen LogP contribution in [-0.2, 0) is 20.4 Å². The molecule has 1 amide bonds. The lowest BCUT2D eigenvalue weighted by Crippen LogP contribution is -2.26. The molecular weight excluding hydrogens is 326 g/mol. The Morgan fingerprint density at radius 2 is 2.00 bits per heavy atom. The van der Waals surface area contributed by atoms with E-state index < -0.39 is 14.3 Å². The standard InChI is InChI=1S/C14H14ClN3O3S/c15-22(20,21)13-8-14(19)17(10-13)9-11-2-4-12(5-3-11)18-7-1-6-16-18/h1-7,13H,8-10H2. The summed E-state index contributed by atoms with van der Waals surface area (Å²) < 4.78 is 24.4. The molecule has 2 aromatic rings. The summed E-state index contributed by atoms with van der Waals surface area (Å²) in [7, 11) is 1.64. The highest BCUT2D eigenvalue weighted by molar-refractivity contribution is 8.14. The minimum absolute atomic E-state index is 0.0444. The molecule has 116 valence electrons. The lowest BCUT2D eigenvalue weighted by Gasteiger charge is -2.16. The van der Waals surface area contributed by atoms with Gasteiger partial charge in [-0.25, -0.2) is 13.1 Å². The van der Waals surface area contributed by atoms with Gasteiger partial charge in [-0.1, -0.05) is 12.1 Å². The molecule has 1 saturated heterocycles. The summed E-state index contributed by atoms with van der Waals surface area (Å²) in [4.78, 5) is 13.4. The van der Waals surface area contributed by atoms with Crippen molar-refractivity contribution < 1.29 is 13.2 Å². The van der Waals surface area contributed by atoms with Crippen molar-refractivity contribution in [2.45, 2.75) is 18.2 Å². The molecule has 0 bridgehead atoms. The average molecular weight is 340 g/mol. The van der Waals surface area contributed by atoms with Crippen LogP contribution in [0.5, 0.6) is 0 Å². The minimum Gasteiger partial charge on any atom is -0.337 e. The highest BCUT2D eigenvalue weighted by atomic mass is 35.7. The maximum absolute atomic E-state index is 11.9. The van der Waals surface area contributed by atoms with Gasteiger partial charge in [0.05, 0.1) is 5.69 Å². The second kappa shape index (κ2) is 5.73. The molecule has 0 saturated carbocycles. The van der Waals surface area contributed by atoms with Crippen LogP contribution in [0.15, 0.2) is 42.7 Å². The van der Waals surface area contributed by atoms with Crippen LogP contribution >= 0.6 is 10.7 Å². The van der Waals surface area contributed by atoms with Gasteiger partial charge in [-0.2, -0.15) is 5.10 Å². The highest BCUT2D eigenvalue weighted by Gasteiger charge is 2.37. The first-order valence-corrected chi connectivity index (χ1v) is 9.11. The van der Waals surface area contributed by atoms with Gasteiger partial charge in [0.15, 0.2) is 0 Å². The van der Waals surface area contributed by atoms with Crippen LogP contribution in [0.3, 0.4) is 0 Å². The van der Waals surface area contributed by atoms with E-state index in [4.69, 9.17) is 10.7 Å². The zero-order valence-electron chi connectivity index (χ0n) is 11.6. The molecule has 1 atom stereocenters. The van der Waals surface area contributed by atoms with Crippen LogP contribution in [0.4, 0.5) is 0 Å². The SMILES string of the molecule is O=C1CC(S(=O)(=O)Cl)CN1Cc1ccc(-n2cccn2)cc1. The molecule has 0 aliphatic carbocycles. The zero-order valence-corrected chi connectivity index (χ0v) is 13.2. The fourth-order valence-corrected chi connectivity index (χ4v) is 3.53. The van der Waals surface area contributed by atoms with E-state index in [1.54, 1.807) is 10.9 Å². The Kier molecular flexibility index (Phi) is 3.92. The number of nitrogens with zero attached hydrogens (tertiary/aromatic N) is 3. The lowest BCUT2D eigenvalue weighted by atomic mass is 10.2. The van der Waals surface area contributed by atoms with E-state index in [0.717, 1.165) is 11.3 Å². The third kappa shape index (κ3) is 3.15. The maximum Gasteiger partial charge on any atom is 0.237 e. The second-order valence-corrected chi connectivity index (χ2v) is 8.10. The molecule has 1 fully saturated rings. The Hall–Kier alpha value is -1.86. The van der Waals surface area contributed by atoms with Gasteiger partial charge in [0, 0.05) is 42.6 Å². The number of rotatable bonds is 4. The van der Waals surface area contributed by atoms with Crippen molar-refractivity contribution in [2.75, 3.05) is 6.54 Å². The van der Waals surface area contributed by atoms with Gasteiger partial charge < -0.3 is 4.90 Å². The summed E-state index contributed by atoms with van der Waals surface area (Å²) in [5, 5.41) is 3.32. The number of hydrogen-bond acceptors (Lipinski definition) is 4. The zero-order chi connectivity index (χ0) is 15.7.